The van der Waals surface area contributed by atoms with Gasteiger partial charge in [-0.1, -0.05) is 62.9 Å². The van der Waals surface area contributed by atoms with Crippen molar-refractivity contribution in [1.82, 2.24) is 14.8 Å². The average Bonchev–Trinajstić information content (AvgIpc) is 3.14. The second-order valence-corrected chi connectivity index (χ2v) is 9.35. The molecule has 0 unspecified atom stereocenters. The number of allylic oxidation sites excluding steroid dienone is 1. The summed E-state index contributed by atoms with van der Waals surface area (Å²) in [7, 11) is 1.64. The van der Waals surface area contributed by atoms with Gasteiger partial charge in [-0.25, -0.2) is 0 Å². The van der Waals surface area contributed by atoms with Gasteiger partial charge in [0.1, 0.15) is 5.75 Å². The lowest BCUT2D eigenvalue weighted by Crippen LogP contribution is -2.10. The molecule has 3 aromatic rings. The maximum Gasteiger partial charge on any atom is 0.192 e. The Hall–Kier alpha value is -2.86. The van der Waals surface area contributed by atoms with E-state index in [1.807, 2.05) is 18.2 Å². The molecular weight excluding hydrogens is 406 g/mol. The number of methoxy groups -OCH3 is 1. The number of thioether (sulfide) groups is 1. The molecule has 3 rings (SSSR count). The van der Waals surface area contributed by atoms with Crippen LogP contribution in [0.3, 0.4) is 0 Å². The quantitative estimate of drug-likeness (QED) is 0.249. The highest BCUT2D eigenvalue weighted by atomic mass is 32.2. The summed E-state index contributed by atoms with van der Waals surface area (Å²) in [6.45, 7) is 12.7. The van der Waals surface area contributed by atoms with Gasteiger partial charge in [0.05, 0.1) is 7.11 Å². The zero-order valence-corrected chi connectivity index (χ0v) is 19.6. The predicted molar refractivity (Wildman–Crippen MR) is 127 cm³/mol. The molecule has 0 spiro atoms. The minimum Gasteiger partial charge on any atom is -0.496 e. The lowest BCUT2D eigenvalue weighted by Gasteiger charge is -2.19. The molecule has 5 nitrogen and oxygen atoms in total. The first-order valence-corrected chi connectivity index (χ1v) is 11.2. The van der Waals surface area contributed by atoms with Crippen LogP contribution in [0, 0.1) is 0 Å². The molecule has 0 aliphatic rings. The average molecular weight is 436 g/mol. The van der Waals surface area contributed by atoms with Crippen LogP contribution in [0.15, 0.2) is 60.3 Å². The third-order valence-electron chi connectivity index (χ3n) is 5.08. The van der Waals surface area contributed by atoms with Crippen molar-refractivity contribution in [1.29, 1.82) is 0 Å². The van der Waals surface area contributed by atoms with Crippen molar-refractivity contribution < 1.29 is 9.53 Å². The van der Waals surface area contributed by atoms with Gasteiger partial charge in [-0.05, 0) is 36.1 Å². The Morgan fingerprint density at radius 3 is 2.45 bits per heavy atom. The molecule has 6 heteroatoms. The van der Waals surface area contributed by atoms with Crippen LogP contribution in [0.5, 0.6) is 5.75 Å². The Kier molecular flexibility index (Phi) is 7.01. The lowest BCUT2D eigenvalue weighted by atomic mass is 9.87. The summed E-state index contributed by atoms with van der Waals surface area (Å²) in [6.07, 6.45) is 1.84. The van der Waals surface area contributed by atoms with E-state index in [2.05, 4.69) is 66.4 Å². The van der Waals surface area contributed by atoms with Crippen LogP contribution in [-0.2, 0) is 17.7 Å². The normalized spacial score (nSPS) is 11.4. The molecule has 0 saturated carbocycles. The number of ketones is 1. The summed E-state index contributed by atoms with van der Waals surface area (Å²) in [5.74, 6) is 2.21. The fourth-order valence-electron chi connectivity index (χ4n) is 3.27. The number of carbonyl (C=O) groups excluding carboxylic acids is 1. The summed E-state index contributed by atoms with van der Waals surface area (Å²) in [5, 5.41) is 9.68. The predicted octanol–water partition coefficient (Wildman–Crippen LogP) is 5.93. The number of nitrogens with zero attached hydrogens (tertiary/aromatic N) is 3. The van der Waals surface area contributed by atoms with Crippen molar-refractivity contribution in [3.05, 3.63) is 71.8 Å². The number of aromatic nitrogens is 3. The highest BCUT2D eigenvalue weighted by Crippen LogP contribution is 2.31. The van der Waals surface area contributed by atoms with E-state index < -0.39 is 0 Å². The molecule has 0 atom stereocenters. The first kappa shape index (κ1) is 22.8. The van der Waals surface area contributed by atoms with Crippen molar-refractivity contribution in [2.45, 2.75) is 50.6 Å². The maximum absolute atomic E-state index is 11.8. The number of rotatable bonds is 8. The molecule has 0 radical (unpaired) electrons. The SMILES string of the molecule is C=CCn1c(SCc2cc(C(C)=O)ccc2OC)nnc1-c1ccc(C(C)(C)C)cc1. The summed E-state index contributed by atoms with van der Waals surface area (Å²) >= 11 is 1.56. The first-order chi connectivity index (χ1) is 14.7. The third-order valence-corrected chi connectivity index (χ3v) is 6.10. The number of hydrogen-bond donors (Lipinski definition) is 0. The molecule has 0 amide bonds. The Morgan fingerprint density at radius 2 is 1.87 bits per heavy atom. The van der Waals surface area contributed by atoms with E-state index in [-0.39, 0.29) is 11.2 Å². The van der Waals surface area contributed by atoms with Crippen molar-refractivity contribution in [2.24, 2.45) is 0 Å². The molecule has 2 aromatic carbocycles. The van der Waals surface area contributed by atoms with Crippen molar-refractivity contribution in [3.8, 4) is 17.1 Å². The molecule has 0 saturated heterocycles. The molecule has 1 heterocycles. The Bertz CT molecular complexity index is 1080. The number of hydrogen-bond acceptors (Lipinski definition) is 5. The number of Topliss-reactive ketones (excluding diaryl/α,β-unsaturated/α-hetero) is 1. The van der Waals surface area contributed by atoms with Crippen LogP contribution >= 0.6 is 11.8 Å². The van der Waals surface area contributed by atoms with Gasteiger partial charge < -0.3 is 4.74 Å². The summed E-state index contributed by atoms with van der Waals surface area (Å²) < 4.78 is 7.54. The van der Waals surface area contributed by atoms with Crippen LogP contribution in [-0.4, -0.2) is 27.7 Å². The zero-order chi connectivity index (χ0) is 22.6. The van der Waals surface area contributed by atoms with Crippen molar-refractivity contribution in [3.63, 3.8) is 0 Å². The second kappa shape index (κ2) is 9.52. The van der Waals surface area contributed by atoms with Gasteiger partial charge in [0.15, 0.2) is 16.8 Å². The lowest BCUT2D eigenvalue weighted by molar-refractivity contribution is 0.101. The first-order valence-electron chi connectivity index (χ1n) is 10.2. The fourth-order valence-corrected chi connectivity index (χ4v) is 4.20. The van der Waals surface area contributed by atoms with Gasteiger partial charge in [0.2, 0.25) is 0 Å². The molecular formula is C25H29N3O2S. The van der Waals surface area contributed by atoms with E-state index in [0.717, 1.165) is 27.9 Å². The molecule has 162 valence electrons. The van der Waals surface area contributed by atoms with E-state index in [0.29, 0.717) is 17.9 Å². The van der Waals surface area contributed by atoms with E-state index in [4.69, 9.17) is 4.74 Å². The number of ether oxygens (including phenoxy) is 1. The number of benzene rings is 2. The van der Waals surface area contributed by atoms with Gasteiger partial charge in [-0.15, -0.1) is 16.8 Å². The monoisotopic (exact) mass is 435 g/mol. The standard InChI is InChI=1S/C25H29N3O2S/c1-7-14-28-23(18-8-11-21(12-9-18)25(3,4)5)26-27-24(28)31-16-20-15-19(17(2)29)10-13-22(20)30-6/h7-13,15H,1,14,16H2,2-6H3. The third kappa shape index (κ3) is 5.25. The van der Waals surface area contributed by atoms with E-state index in [1.165, 1.54) is 5.56 Å². The van der Waals surface area contributed by atoms with Crippen LogP contribution in [0.25, 0.3) is 11.4 Å². The topological polar surface area (TPSA) is 57.0 Å². The van der Waals surface area contributed by atoms with Gasteiger partial charge in [-0.2, -0.15) is 0 Å². The maximum atomic E-state index is 11.8. The van der Waals surface area contributed by atoms with E-state index >= 15 is 0 Å². The van der Waals surface area contributed by atoms with Crippen molar-refractivity contribution >= 4 is 17.5 Å². The fraction of sp³-hybridized carbons (Fsp3) is 0.320. The van der Waals surface area contributed by atoms with Gasteiger partial charge >= 0.3 is 0 Å². The summed E-state index contributed by atoms with van der Waals surface area (Å²) in [6, 6.07) is 14.0. The molecule has 0 aliphatic carbocycles. The largest absolute Gasteiger partial charge is 0.496 e. The molecule has 0 N–H and O–H groups in total. The second-order valence-electron chi connectivity index (χ2n) is 8.40. The minimum atomic E-state index is 0.0321. The zero-order valence-electron chi connectivity index (χ0n) is 18.8. The molecule has 1 aromatic heterocycles. The van der Waals surface area contributed by atoms with Gasteiger partial charge in [-0.3, -0.25) is 9.36 Å². The van der Waals surface area contributed by atoms with Crippen LogP contribution in [0.1, 0.15) is 49.2 Å². The smallest absolute Gasteiger partial charge is 0.192 e. The highest BCUT2D eigenvalue weighted by Gasteiger charge is 2.17. The summed E-state index contributed by atoms with van der Waals surface area (Å²) in [4.78, 5) is 11.8. The van der Waals surface area contributed by atoms with Gasteiger partial charge in [0.25, 0.3) is 0 Å². The molecule has 0 fully saturated rings. The van der Waals surface area contributed by atoms with Crippen LogP contribution < -0.4 is 4.74 Å². The van der Waals surface area contributed by atoms with Crippen LogP contribution in [0.2, 0.25) is 0 Å². The summed E-state index contributed by atoms with van der Waals surface area (Å²) in [5.41, 5.74) is 4.01. The number of carbonyl (C=O) groups is 1. The molecule has 0 aliphatic heterocycles. The molecule has 0 bridgehead atoms. The Labute approximate surface area is 188 Å². The van der Waals surface area contributed by atoms with E-state index in [1.54, 1.807) is 31.9 Å². The minimum absolute atomic E-state index is 0.0321. The Morgan fingerprint density at radius 1 is 1.16 bits per heavy atom. The molecule has 31 heavy (non-hydrogen) atoms. The Balaban J connectivity index is 1.89. The van der Waals surface area contributed by atoms with Crippen molar-refractivity contribution in [2.75, 3.05) is 7.11 Å². The van der Waals surface area contributed by atoms with Crippen LogP contribution in [0.4, 0.5) is 0 Å². The van der Waals surface area contributed by atoms with Gasteiger partial charge in [0, 0.05) is 29.0 Å². The highest BCUT2D eigenvalue weighted by molar-refractivity contribution is 7.98. The van der Waals surface area contributed by atoms with E-state index in [9.17, 15) is 4.79 Å².